The molecule has 0 fully saturated rings. The number of aromatic nitrogens is 3. The van der Waals surface area contributed by atoms with Gasteiger partial charge in [-0.3, -0.25) is 4.79 Å². The van der Waals surface area contributed by atoms with Gasteiger partial charge in [0, 0.05) is 28.5 Å². The lowest BCUT2D eigenvalue weighted by Gasteiger charge is -2.38. The van der Waals surface area contributed by atoms with Crippen LogP contribution in [0.25, 0.3) is 0 Å². The second-order valence-electron chi connectivity index (χ2n) is 11.1. The van der Waals surface area contributed by atoms with Crippen molar-refractivity contribution in [3.8, 4) is 11.5 Å². The van der Waals surface area contributed by atoms with Crippen LogP contribution in [0.3, 0.4) is 0 Å². The normalized spacial score (nSPS) is 17.5. The molecule has 9 heteroatoms. The van der Waals surface area contributed by atoms with Crippen LogP contribution in [0.2, 0.25) is 5.02 Å². The van der Waals surface area contributed by atoms with Crippen LogP contribution in [-0.2, 0) is 17.2 Å². The minimum atomic E-state index is -0.441. The summed E-state index contributed by atoms with van der Waals surface area (Å²) in [5, 5.41) is 9.64. The highest BCUT2D eigenvalue weighted by Gasteiger charge is 2.42. The molecular formula is C32H31ClN4O3S. The molecule has 1 atom stereocenters. The van der Waals surface area contributed by atoms with E-state index in [9.17, 15) is 4.79 Å². The number of ether oxygens (including phenoxy) is 2. The molecule has 1 aliphatic heterocycles. The summed E-state index contributed by atoms with van der Waals surface area (Å²) in [6.45, 7) is 4.67. The molecule has 0 spiro atoms. The van der Waals surface area contributed by atoms with Gasteiger partial charge in [0.25, 0.3) is 0 Å². The minimum Gasteiger partial charge on any atom is -0.493 e. The van der Waals surface area contributed by atoms with Crippen LogP contribution in [0.1, 0.15) is 49.4 Å². The Bertz CT molecular complexity index is 1630. The first kappa shape index (κ1) is 27.4. The van der Waals surface area contributed by atoms with Gasteiger partial charge in [-0.1, -0.05) is 91.8 Å². The molecule has 0 saturated carbocycles. The van der Waals surface area contributed by atoms with Gasteiger partial charge in [0.1, 0.15) is 12.6 Å². The fraction of sp³-hybridized carbons (Fsp3) is 0.281. The first-order valence-electron chi connectivity index (χ1n) is 13.5. The summed E-state index contributed by atoms with van der Waals surface area (Å²) < 4.78 is 13.7. The Balaban J connectivity index is 1.35. The zero-order chi connectivity index (χ0) is 28.6. The topological polar surface area (TPSA) is 78.3 Å². The van der Waals surface area contributed by atoms with E-state index in [1.165, 1.54) is 11.8 Å². The third kappa shape index (κ3) is 5.72. The van der Waals surface area contributed by atoms with Crippen LogP contribution in [0, 0.1) is 5.41 Å². The van der Waals surface area contributed by atoms with Crippen LogP contribution in [-0.4, -0.2) is 27.7 Å². The van der Waals surface area contributed by atoms with Gasteiger partial charge in [-0.05, 0) is 46.7 Å². The van der Waals surface area contributed by atoms with E-state index in [-0.39, 0.29) is 11.2 Å². The van der Waals surface area contributed by atoms with E-state index in [0.717, 1.165) is 34.4 Å². The standard InChI is InChI=1S/C32H31ClN4O3S/c1-32(2)16-24-28(25(38)17-32)29(21-13-14-26(27(15-21)39-3)40-18-20-9-5-4-6-10-20)37-30(34-24)35-31(36-37)41-19-22-11-7-8-12-23(22)33/h4-15,29H,16-19H2,1-3H3,(H,34,35,36). The monoisotopic (exact) mass is 586 g/mol. The second kappa shape index (κ2) is 11.3. The van der Waals surface area contributed by atoms with E-state index in [2.05, 4.69) is 19.2 Å². The Morgan fingerprint density at radius 2 is 1.83 bits per heavy atom. The van der Waals surface area contributed by atoms with Gasteiger partial charge < -0.3 is 14.8 Å². The van der Waals surface area contributed by atoms with Crippen molar-refractivity contribution in [3.05, 3.63) is 106 Å². The molecule has 0 bridgehead atoms. The van der Waals surface area contributed by atoms with Gasteiger partial charge in [0.15, 0.2) is 17.3 Å². The van der Waals surface area contributed by atoms with Crippen molar-refractivity contribution in [2.75, 3.05) is 12.4 Å². The van der Waals surface area contributed by atoms with Crippen molar-refractivity contribution in [1.29, 1.82) is 0 Å². The lowest BCUT2D eigenvalue weighted by Crippen LogP contribution is -2.36. The summed E-state index contributed by atoms with van der Waals surface area (Å²) in [7, 11) is 1.63. The number of fused-ring (bicyclic) bond motifs is 1. The molecule has 1 unspecified atom stereocenters. The summed E-state index contributed by atoms with van der Waals surface area (Å²) in [5.41, 5.74) is 4.44. The number of Topliss-reactive ketones (excluding diaryl/α,β-unsaturated/α-hetero) is 1. The highest BCUT2D eigenvalue weighted by Crippen LogP contribution is 2.47. The molecule has 3 aromatic carbocycles. The van der Waals surface area contributed by atoms with Gasteiger partial charge in [0.05, 0.1) is 7.11 Å². The highest BCUT2D eigenvalue weighted by molar-refractivity contribution is 7.98. The lowest BCUT2D eigenvalue weighted by atomic mass is 9.73. The van der Waals surface area contributed by atoms with Crippen LogP contribution in [0.15, 0.2) is 89.2 Å². The van der Waals surface area contributed by atoms with Gasteiger partial charge >= 0.3 is 0 Å². The van der Waals surface area contributed by atoms with Gasteiger partial charge in [-0.15, -0.1) is 5.10 Å². The SMILES string of the molecule is COc1cc(C2C3=C(CC(C)(C)CC3=O)Nc3nc(SCc4ccccc4Cl)nn32)ccc1OCc1ccccc1. The van der Waals surface area contributed by atoms with Gasteiger partial charge in [-0.25, -0.2) is 4.68 Å². The van der Waals surface area contributed by atoms with Crippen LogP contribution >= 0.6 is 23.4 Å². The maximum absolute atomic E-state index is 13.6. The van der Waals surface area contributed by atoms with E-state index in [0.29, 0.717) is 46.4 Å². The third-order valence-electron chi connectivity index (χ3n) is 7.37. The van der Waals surface area contributed by atoms with E-state index >= 15 is 0 Å². The van der Waals surface area contributed by atoms with Gasteiger partial charge in [-0.2, -0.15) is 4.98 Å². The third-order valence-corrected chi connectivity index (χ3v) is 8.62. The number of carbonyl (C=O) groups is 1. The largest absolute Gasteiger partial charge is 0.493 e. The molecule has 210 valence electrons. The smallest absolute Gasteiger partial charge is 0.227 e. The van der Waals surface area contributed by atoms with E-state index < -0.39 is 6.04 Å². The Kier molecular flexibility index (Phi) is 7.53. The number of hydrogen-bond donors (Lipinski definition) is 1. The maximum atomic E-state index is 13.6. The molecule has 1 aliphatic carbocycles. The predicted molar refractivity (Wildman–Crippen MR) is 162 cm³/mol. The highest BCUT2D eigenvalue weighted by atomic mass is 35.5. The van der Waals surface area contributed by atoms with Gasteiger partial charge in [0.2, 0.25) is 11.1 Å². The first-order valence-corrected chi connectivity index (χ1v) is 14.9. The Morgan fingerprint density at radius 1 is 1.05 bits per heavy atom. The molecule has 41 heavy (non-hydrogen) atoms. The average molecular weight is 587 g/mol. The minimum absolute atomic E-state index is 0.114. The second-order valence-corrected chi connectivity index (χ2v) is 12.4. The average Bonchev–Trinajstić information content (AvgIpc) is 3.37. The molecule has 0 radical (unpaired) electrons. The number of nitrogens with one attached hydrogen (secondary N) is 1. The van der Waals surface area contributed by atoms with Crippen LogP contribution in [0.4, 0.5) is 5.95 Å². The van der Waals surface area contributed by atoms with E-state index in [1.54, 1.807) is 7.11 Å². The lowest BCUT2D eigenvalue weighted by molar-refractivity contribution is -0.118. The fourth-order valence-corrected chi connectivity index (χ4v) is 6.54. The Morgan fingerprint density at radius 3 is 2.61 bits per heavy atom. The molecule has 2 aliphatic rings. The number of anilines is 1. The van der Waals surface area contributed by atoms with E-state index in [4.69, 9.17) is 31.2 Å². The zero-order valence-electron chi connectivity index (χ0n) is 23.2. The number of methoxy groups -OCH3 is 1. The van der Waals surface area contributed by atoms with Crippen molar-refractivity contribution in [3.63, 3.8) is 0 Å². The summed E-state index contributed by atoms with van der Waals surface area (Å²) in [6.07, 6.45) is 1.21. The summed E-state index contributed by atoms with van der Waals surface area (Å²) >= 11 is 7.89. The fourth-order valence-electron chi connectivity index (χ4n) is 5.43. The Hall–Kier alpha value is -3.75. The number of hydrogen-bond acceptors (Lipinski definition) is 7. The summed E-state index contributed by atoms with van der Waals surface area (Å²) in [5.74, 6) is 2.59. The van der Waals surface area contributed by atoms with Crippen molar-refractivity contribution in [2.24, 2.45) is 5.41 Å². The van der Waals surface area contributed by atoms with Crippen molar-refractivity contribution in [2.45, 2.75) is 50.2 Å². The predicted octanol–water partition coefficient (Wildman–Crippen LogP) is 7.47. The number of benzene rings is 3. The number of rotatable bonds is 8. The number of nitrogens with zero attached hydrogens (tertiary/aromatic N) is 3. The quantitative estimate of drug-likeness (QED) is 0.215. The zero-order valence-corrected chi connectivity index (χ0v) is 24.8. The van der Waals surface area contributed by atoms with E-state index in [1.807, 2.05) is 77.5 Å². The Labute approximate surface area is 248 Å². The van der Waals surface area contributed by atoms with Crippen molar-refractivity contribution >= 4 is 35.1 Å². The number of halogens is 1. The maximum Gasteiger partial charge on any atom is 0.227 e. The summed E-state index contributed by atoms with van der Waals surface area (Å²) in [4.78, 5) is 18.5. The molecule has 0 saturated heterocycles. The number of allylic oxidation sites excluding steroid dienone is 2. The number of thioether (sulfide) groups is 1. The van der Waals surface area contributed by atoms with Crippen LogP contribution < -0.4 is 14.8 Å². The molecule has 1 N–H and O–H groups in total. The van der Waals surface area contributed by atoms with Crippen molar-refractivity contribution in [1.82, 2.24) is 14.8 Å². The number of carbonyl (C=O) groups excluding carboxylic acids is 1. The molecular weight excluding hydrogens is 556 g/mol. The molecule has 7 nitrogen and oxygen atoms in total. The molecule has 2 heterocycles. The van der Waals surface area contributed by atoms with Crippen molar-refractivity contribution < 1.29 is 14.3 Å². The molecule has 6 rings (SSSR count). The molecule has 4 aromatic rings. The molecule has 1 aromatic heterocycles. The first-order chi connectivity index (χ1) is 19.8. The van der Waals surface area contributed by atoms with Crippen LogP contribution in [0.5, 0.6) is 11.5 Å². The number of ketones is 1. The molecule has 0 amide bonds. The summed E-state index contributed by atoms with van der Waals surface area (Å²) in [6, 6.07) is 23.2.